The molecule has 0 aromatic carbocycles. The molecule has 0 aliphatic carbocycles. The second-order valence-electron chi connectivity index (χ2n) is 3.46. The van der Waals surface area contributed by atoms with Gasteiger partial charge in [-0.05, 0) is 17.7 Å². The highest BCUT2D eigenvalue weighted by atomic mass is 16.2. The number of carbonyl (C=O) groups excluding carboxylic acids is 1. The molecule has 5 nitrogen and oxygen atoms in total. The van der Waals surface area contributed by atoms with Crippen molar-refractivity contribution in [2.24, 2.45) is 0 Å². The Morgan fingerprint density at radius 1 is 1.29 bits per heavy atom. The van der Waals surface area contributed by atoms with Gasteiger partial charge in [-0.15, -0.1) is 0 Å². The van der Waals surface area contributed by atoms with Crippen LogP contribution in [-0.2, 0) is 6.54 Å². The number of hydrogen-bond donors (Lipinski definition) is 2. The summed E-state index contributed by atoms with van der Waals surface area (Å²) < 4.78 is 0. The first kappa shape index (κ1) is 11.1. The number of aromatic amines is 1. The van der Waals surface area contributed by atoms with Crippen LogP contribution < -0.4 is 10.7 Å². The van der Waals surface area contributed by atoms with Crippen molar-refractivity contribution in [3.8, 4) is 0 Å². The van der Waals surface area contributed by atoms with Crippen LogP contribution in [0.1, 0.15) is 15.9 Å². The summed E-state index contributed by atoms with van der Waals surface area (Å²) in [5, 5.41) is 2.67. The number of nitrogens with zero attached hydrogens (tertiary/aromatic N) is 1. The molecule has 2 N–H and O–H groups in total. The standard InChI is InChI=1S/C12H11N3O2/c16-11-3-6-14-8-10(11)12(17)15-7-9-1-4-13-5-2-9/h1-6,8H,7H2,(H,14,16)(H,15,17). The van der Waals surface area contributed by atoms with Gasteiger partial charge in [-0.3, -0.25) is 14.6 Å². The molecule has 0 spiro atoms. The lowest BCUT2D eigenvalue weighted by molar-refractivity contribution is 0.0949. The molecule has 0 radical (unpaired) electrons. The maximum absolute atomic E-state index is 11.7. The number of hydrogen-bond acceptors (Lipinski definition) is 3. The molecule has 17 heavy (non-hydrogen) atoms. The smallest absolute Gasteiger partial charge is 0.257 e. The number of carbonyl (C=O) groups is 1. The Morgan fingerprint density at radius 2 is 2.06 bits per heavy atom. The zero-order chi connectivity index (χ0) is 12.1. The van der Waals surface area contributed by atoms with Gasteiger partial charge in [-0.25, -0.2) is 0 Å². The molecule has 86 valence electrons. The number of nitrogens with one attached hydrogen (secondary N) is 2. The fraction of sp³-hybridized carbons (Fsp3) is 0.0833. The second-order valence-corrected chi connectivity index (χ2v) is 3.46. The van der Waals surface area contributed by atoms with E-state index in [4.69, 9.17) is 0 Å². The van der Waals surface area contributed by atoms with E-state index in [2.05, 4.69) is 15.3 Å². The van der Waals surface area contributed by atoms with Gasteiger partial charge in [0.05, 0.1) is 0 Å². The maximum atomic E-state index is 11.7. The summed E-state index contributed by atoms with van der Waals surface area (Å²) in [5.74, 6) is -0.385. The molecular weight excluding hydrogens is 218 g/mol. The summed E-state index contributed by atoms with van der Waals surface area (Å²) in [6, 6.07) is 4.92. The minimum atomic E-state index is -0.385. The lowest BCUT2D eigenvalue weighted by Gasteiger charge is -2.04. The molecular formula is C12H11N3O2. The lowest BCUT2D eigenvalue weighted by atomic mass is 10.2. The third-order valence-corrected chi connectivity index (χ3v) is 2.27. The average molecular weight is 229 g/mol. The van der Waals surface area contributed by atoms with Crippen molar-refractivity contribution in [2.75, 3.05) is 0 Å². The van der Waals surface area contributed by atoms with Crippen molar-refractivity contribution in [1.29, 1.82) is 0 Å². The molecule has 2 heterocycles. The van der Waals surface area contributed by atoms with Gasteiger partial charge in [0.2, 0.25) is 0 Å². The molecule has 1 amide bonds. The van der Waals surface area contributed by atoms with Gasteiger partial charge >= 0.3 is 0 Å². The van der Waals surface area contributed by atoms with Gasteiger partial charge in [0, 0.05) is 37.4 Å². The molecule has 2 aromatic heterocycles. The largest absolute Gasteiger partial charge is 0.367 e. The number of H-pyrrole nitrogens is 1. The molecule has 2 rings (SSSR count). The summed E-state index contributed by atoms with van der Waals surface area (Å²) in [5.41, 5.74) is 0.748. The first-order valence-electron chi connectivity index (χ1n) is 5.11. The summed E-state index contributed by atoms with van der Waals surface area (Å²) in [6.45, 7) is 0.371. The Bertz CT molecular complexity index is 563. The van der Waals surface area contributed by atoms with Crippen molar-refractivity contribution in [2.45, 2.75) is 6.54 Å². The molecule has 0 fully saturated rings. The monoisotopic (exact) mass is 229 g/mol. The summed E-state index contributed by atoms with van der Waals surface area (Å²) in [4.78, 5) is 29.7. The lowest BCUT2D eigenvalue weighted by Crippen LogP contribution is -2.27. The van der Waals surface area contributed by atoms with Gasteiger partial charge in [-0.1, -0.05) is 0 Å². The normalized spacial score (nSPS) is 9.88. The zero-order valence-corrected chi connectivity index (χ0v) is 9.01. The molecule has 0 atom stereocenters. The number of aromatic nitrogens is 2. The van der Waals surface area contributed by atoms with E-state index in [1.54, 1.807) is 24.5 Å². The van der Waals surface area contributed by atoms with Crippen LogP contribution >= 0.6 is 0 Å². The predicted octanol–water partition coefficient (Wildman–Crippen LogP) is 0.700. The van der Waals surface area contributed by atoms with Gasteiger partial charge in [0.1, 0.15) is 5.56 Å². The van der Waals surface area contributed by atoms with Crippen LogP contribution in [0.4, 0.5) is 0 Å². The van der Waals surface area contributed by atoms with Crippen LogP contribution in [0.25, 0.3) is 0 Å². The summed E-state index contributed by atoms with van der Waals surface area (Å²) in [7, 11) is 0. The highest BCUT2D eigenvalue weighted by Crippen LogP contribution is 1.96. The van der Waals surface area contributed by atoms with Gasteiger partial charge in [0.25, 0.3) is 5.91 Å². The van der Waals surface area contributed by atoms with Crippen LogP contribution in [0.15, 0.2) is 47.8 Å². The van der Waals surface area contributed by atoms with Crippen LogP contribution in [0.3, 0.4) is 0 Å². The molecule has 0 saturated heterocycles. The van der Waals surface area contributed by atoms with Gasteiger partial charge in [0.15, 0.2) is 5.43 Å². The van der Waals surface area contributed by atoms with E-state index >= 15 is 0 Å². The van der Waals surface area contributed by atoms with E-state index in [1.807, 2.05) is 0 Å². The second kappa shape index (κ2) is 5.07. The molecule has 0 aliphatic heterocycles. The first-order chi connectivity index (χ1) is 8.27. The van der Waals surface area contributed by atoms with Crippen molar-refractivity contribution in [3.63, 3.8) is 0 Å². The van der Waals surface area contributed by atoms with E-state index in [-0.39, 0.29) is 16.9 Å². The minimum absolute atomic E-state index is 0.113. The highest BCUT2D eigenvalue weighted by Gasteiger charge is 2.08. The molecule has 5 heteroatoms. The van der Waals surface area contributed by atoms with Gasteiger partial charge < -0.3 is 10.3 Å². The zero-order valence-electron chi connectivity index (χ0n) is 9.01. The fourth-order valence-electron chi connectivity index (χ4n) is 1.37. The fourth-order valence-corrected chi connectivity index (χ4v) is 1.37. The Kier molecular flexibility index (Phi) is 3.30. The van der Waals surface area contributed by atoms with Crippen molar-refractivity contribution < 1.29 is 4.79 Å². The molecule has 0 bridgehead atoms. The van der Waals surface area contributed by atoms with E-state index in [1.165, 1.54) is 18.5 Å². The van der Waals surface area contributed by atoms with Crippen molar-refractivity contribution >= 4 is 5.91 Å². The van der Waals surface area contributed by atoms with Gasteiger partial charge in [-0.2, -0.15) is 0 Å². The van der Waals surface area contributed by atoms with Crippen LogP contribution in [0, 0.1) is 0 Å². The van der Waals surface area contributed by atoms with E-state index in [0.717, 1.165) is 5.56 Å². The topological polar surface area (TPSA) is 74.8 Å². The third-order valence-electron chi connectivity index (χ3n) is 2.27. The molecule has 0 aliphatic rings. The first-order valence-corrected chi connectivity index (χ1v) is 5.11. The third kappa shape index (κ3) is 2.78. The van der Waals surface area contributed by atoms with Crippen molar-refractivity contribution in [1.82, 2.24) is 15.3 Å². The van der Waals surface area contributed by atoms with Crippen LogP contribution in [-0.4, -0.2) is 15.9 Å². The Labute approximate surface area is 97.5 Å². The SMILES string of the molecule is O=C(NCc1ccncc1)c1c[nH]ccc1=O. The highest BCUT2D eigenvalue weighted by molar-refractivity contribution is 5.93. The number of amides is 1. The van der Waals surface area contributed by atoms with E-state index in [9.17, 15) is 9.59 Å². The molecule has 0 saturated carbocycles. The maximum Gasteiger partial charge on any atom is 0.257 e. The predicted molar refractivity (Wildman–Crippen MR) is 62.5 cm³/mol. The van der Waals surface area contributed by atoms with Crippen LogP contribution in [0.2, 0.25) is 0 Å². The Hall–Kier alpha value is -2.43. The van der Waals surface area contributed by atoms with E-state index in [0.29, 0.717) is 6.54 Å². The number of pyridine rings is 2. The minimum Gasteiger partial charge on any atom is -0.367 e. The molecule has 2 aromatic rings. The average Bonchev–Trinajstić information content (AvgIpc) is 2.38. The quantitative estimate of drug-likeness (QED) is 0.813. The van der Waals surface area contributed by atoms with E-state index < -0.39 is 0 Å². The summed E-state index contributed by atoms with van der Waals surface area (Å²) in [6.07, 6.45) is 6.18. The van der Waals surface area contributed by atoms with Crippen molar-refractivity contribution in [3.05, 3.63) is 64.3 Å². The molecule has 0 unspecified atom stereocenters. The van der Waals surface area contributed by atoms with Crippen LogP contribution in [0.5, 0.6) is 0 Å². The Balaban J connectivity index is 2.04. The summed E-state index contributed by atoms with van der Waals surface area (Å²) >= 11 is 0. The number of rotatable bonds is 3. The Morgan fingerprint density at radius 3 is 2.76 bits per heavy atom.